The lowest BCUT2D eigenvalue weighted by Gasteiger charge is -2.48. The highest BCUT2D eigenvalue weighted by Gasteiger charge is 2.58. The number of ether oxygens (including phenoxy) is 3. The molecular formula is C29H24F3N3O6. The number of piperidine rings is 1. The van der Waals surface area contributed by atoms with Gasteiger partial charge in [-0.15, -0.1) is 13.2 Å². The Labute approximate surface area is 232 Å². The Morgan fingerprint density at radius 1 is 0.780 bits per heavy atom. The van der Waals surface area contributed by atoms with Crippen LogP contribution in [0.4, 0.5) is 18.0 Å². The molecule has 12 heteroatoms. The van der Waals surface area contributed by atoms with Gasteiger partial charge in [0.05, 0.1) is 12.2 Å². The molecule has 0 saturated carbocycles. The Bertz CT molecular complexity index is 1480. The van der Waals surface area contributed by atoms with Crippen LogP contribution in [0.5, 0.6) is 17.2 Å². The number of nitrogens with one attached hydrogen (secondary N) is 2. The molecule has 3 aromatic rings. The van der Waals surface area contributed by atoms with Crippen LogP contribution in [0.2, 0.25) is 0 Å². The van der Waals surface area contributed by atoms with E-state index in [2.05, 4.69) is 15.4 Å². The van der Waals surface area contributed by atoms with Crippen LogP contribution in [0.15, 0.2) is 72.8 Å². The van der Waals surface area contributed by atoms with Crippen LogP contribution in [0.1, 0.15) is 29.5 Å². The minimum Gasteiger partial charge on any atom is -0.457 e. The first-order valence-corrected chi connectivity index (χ1v) is 12.9. The number of fused-ring (bicyclic) bond motifs is 2. The smallest absolute Gasteiger partial charge is 0.457 e. The number of urea groups is 1. The number of rotatable bonds is 5. The summed E-state index contributed by atoms with van der Waals surface area (Å²) in [6.45, 7) is 1.18. The third-order valence-corrected chi connectivity index (χ3v) is 7.73. The average Bonchev–Trinajstić information content (AvgIpc) is 3.28. The van der Waals surface area contributed by atoms with Crippen LogP contribution in [0.3, 0.4) is 0 Å². The number of carbonyl (C=O) groups is 3. The Balaban J connectivity index is 1.25. The van der Waals surface area contributed by atoms with E-state index in [1.807, 2.05) is 24.3 Å². The number of barbiturate groups is 1. The number of hydrogen-bond acceptors (Lipinski definition) is 7. The number of halogens is 3. The predicted octanol–water partition coefficient (Wildman–Crippen LogP) is 4.46. The molecular weight excluding hydrogens is 543 g/mol. The highest BCUT2D eigenvalue weighted by molar-refractivity contribution is 6.22. The van der Waals surface area contributed by atoms with Gasteiger partial charge in [-0.05, 0) is 65.9 Å². The molecule has 9 nitrogen and oxygen atoms in total. The zero-order valence-corrected chi connectivity index (χ0v) is 21.5. The molecule has 2 saturated heterocycles. The van der Waals surface area contributed by atoms with Crippen LogP contribution in [-0.2, 0) is 32.1 Å². The predicted molar refractivity (Wildman–Crippen MR) is 137 cm³/mol. The largest absolute Gasteiger partial charge is 0.573 e. The molecule has 2 N–H and O–H groups in total. The maximum atomic E-state index is 13.5. The fourth-order valence-corrected chi connectivity index (χ4v) is 5.86. The maximum Gasteiger partial charge on any atom is 0.573 e. The standard InChI is InChI=1S/C29H24F3N3O6/c30-29(31,32)41-22-11-9-21(10-12-22)40-20-7-5-19(6-8-20)28(24(36)33-26(38)34-25(28)37)35-15-13-27(14-16-35)23-4-2-1-3-18(23)17-39-27/h1-12H,13-17H2,(H2,33,34,36,37,38). The van der Waals surface area contributed by atoms with E-state index in [0.29, 0.717) is 43.9 Å². The Morgan fingerprint density at radius 2 is 1.34 bits per heavy atom. The Hall–Kier alpha value is -4.42. The number of benzene rings is 3. The van der Waals surface area contributed by atoms with Crippen molar-refractivity contribution in [3.05, 3.63) is 89.5 Å². The molecule has 6 rings (SSSR count). The highest BCUT2D eigenvalue weighted by Crippen LogP contribution is 2.46. The summed E-state index contributed by atoms with van der Waals surface area (Å²) in [6, 6.07) is 18.2. The molecule has 3 aliphatic rings. The number of alkyl halides is 3. The lowest BCUT2D eigenvalue weighted by molar-refractivity contribution is -0.274. The average molecular weight is 568 g/mol. The second-order valence-corrected chi connectivity index (χ2v) is 10.0. The molecule has 0 bridgehead atoms. The summed E-state index contributed by atoms with van der Waals surface area (Å²) in [5.74, 6) is -1.35. The van der Waals surface area contributed by atoms with Crippen molar-refractivity contribution < 1.29 is 41.8 Å². The normalized spacial score (nSPS) is 19.8. The van der Waals surface area contributed by atoms with Crippen molar-refractivity contribution in [1.82, 2.24) is 15.5 Å². The van der Waals surface area contributed by atoms with E-state index in [-0.39, 0.29) is 11.5 Å². The summed E-state index contributed by atoms with van der Waals surface area (Å²) in [4.78, 5) is 40.7. The molecule has 4 amide bonds. The van der Waals surface area contributed by atoms with Gasteiger partial charge in [-0.3, -0.25) is 25.1 Å². The van der Waals surface area contributed by atoms with Gasteiger partial charge in [0.2, 0.25) is 5.54 Å². The SMILES string of the molecule is O=C1NC(=O)C(c2ccc(Oc3ccc(OC(F)(F)F)cc3)cc2)(N2CCC3(CC2)OCc2ccccc23)C(=O)N1. The van der Waals surface area contributed by atoms with Crippen molar-refractivity contribution in [3.63, 3.8) is 0 Å². The minimum absolute atomic E-state index is 0.249. The first kappa shape index (κ1) is 26.8. The van der Waals surface area contributed by atoms with Crippen molar-refractivity contribution >= 4 is 17.8 Å². The number of hydrogen-bond donors (Lipinski definition) is 2. The third kappa shape index (κ3) is 4.78. The summed E-state index contributed by atoms with van der Waals surface area (Å²) >= 11 is 0. The number of amides is 4. The summed E-state index contributed by atoms with van der Waals surface area (Å²) in [7, 11) is 0. The topological polar surface area (TPSA) is 106 Å². The molecule has 0 radical (unpaired) electrons. The molecule has 212 valence electrons. The molecule has 1 spiro atoms. The van der Waals surface area contributed by atoms with Gasteiger partial charge >= 0.3 is 12.4 Å². The lowest BCUT2D eigenvalue weighted by atomic mass is 9.78. The van der Waals surface area contributed by atoms with E-state index in [1.54, 1.807) is 17.0 Å². The zero-order valence-electron chi connectivity index (χ0n) is 21.5. The molecule has 0 aliphatic carbocycles. The lowest BCUT2D eigenvalue weighted by Crippen LogP contribution is -2.72. The summed E-state index contributed by atoms with van der Waals surface area (Å²) in [6.07, 6.45) is -3.73. The summed E-state index contributed by atoms with van der Waals surface area (Å²) in [5.41, 5.74) is 0.228. The van der Waals surface area contributed by atoms with Crippen molar-refractivity contribution in [1.29, 1.82) is 0 Å². The second-order valence-electron chi connectivity index (χ2n) is 10.0. The molecule has 3 aliphatic heterocycles. The van der Waals surface area contributed by atoms with Gasteiger partial charge < -0.3 is 14.2 Å². The maximum absolute atomic E-state index is 13.5. The second kappa shape index (κ2) is 9.89. The first-order valence-electron chi connectivity index (χ1n) is 12.9. The van der Waals surface area contributed by atoms with Gasteiger partial charge in [0.15, 0.2) is 0 Å². The van der Waals surface area contributed by atoms with Gasteiger partial charge in [-0.2, -0.15) is 0 Å². The molecule has 3 aromatic carbocycles. The Kier molecular flexibility index (Phi) is 6.46. The van der Waals surface area contributed by atoms with Crippen LogP contribution in [0, 0.1) is 0 Å². The Morgan fingerprint density at radius 3 is 1.95 bits per heavy atom. The van der Waals surface area contributed by atoms with Crippen LogP contribution in [-0.4, -0.2) is 42.2 Å². The number of carbonyl (C=O) groups excluding carboxylic acids is 3. The molecule has 2 fully saturated rings. The van der Waals surface area contributed by atoms with Gasteiger partial charge in [-0.25, -0.2) is 4.79 Å². The van der Waals surface area contributed by atoms with Crippen LogP contribution < -0.4 is 20.1 Å². The molecule has 3 heterocycles. The first-order chi connectivity index (χ1) is 19.6. The van der Waals surface area contributed by atoms with E-state index in [9.17, 15) is 27.6 Å². The third-order valence-electron chi connectivity index (χ3n) is 7.73. The fourth-order valence-electron chi connectivity index (χ4n) is 5.86. The number of nitrogens with zero attached hydrogens (tertiary/aromatic N) is 1. The van der Waals surface area contributed by atoms with Crippen molar-refractivity contribution in [2.75, 3.05) is 13.1 Å². The van der Waals surface area contributed by atoms with Crippen LogP contribution >= 0.6 is 0 Å². The molecule has 41 heavy (non-hydrogen) atoms. The zero-order chi connectivity index (χ0) is 28.8. The van der Waals surface area contributed by atoms with Crippen LogP contribution in [0.25, 0.3) is 0 Å². The molecule has 0 atom stereocenters. The number of likely N-dealkylation sites (tertiary alicyclic amines) is 1. The quantitative estimate of drug-likeness (QED) is 0.439. The van der Waals surface area contributed by atoms with Crippen molar-refractivity contribution in [2.45, 2.75) is 37.0 Å². The monoisotopic (exact) mass is 567 g/mol. The van der Waals surface area contributed by atoms with E-state index in [1.165, 1.54) is 24.3 Å². The van der Waals surface area contributed by atoms with E-state index < -0.39 is 35.3 Å². The number of imide groups is 2. The van der Waals surface area contributed by atoms with E-state index in [4.69, 9.17) is 9.47 Å². The fraction of sp³-hybridized carbons (Fsp3) is 0.276. The van der Waals surface area contributed by atoms with Crippen molar-refractivity contribution in [3.8, 4) is 17.2 Å². The molecule has 0 aromatic heterocycles. The van der Waals surface area contributed by atoms with Gasteiger partial charge in [0, 0.05) is 13.1 Å². The summed E-state index contributed by atoms with van der Waals surface area (Å²) in [5, 5.41) is 4.49. The minimum atomic E-state index is -4.81. The highest BCUT2D eigenvalue weighted by atomic mass is 19.4. The van der Waals surface area contributed by atoms with Gasteiger partial charge in [0.1, 0.15) is 17.2 Å². The van der Waals surface area contributed by atoms with Gasteiger partial charge in [-0.1, -0.05) is 36.4 Å². The van der Waals surface area contributed by atoms with Gasteiger partial charge in [0.25, 0.3) is 11.8 Å². The van der Waals surface area contributed by atoms with E-state index >= 15 is 0 Å². The summed E-state index contributed by atoms with van der Waals surface area (Å²) < 4.78 is 53.1. The molecule has 0 unspecified atom stereocenters. The van der Waals surface area contributed by atoms with Crippen molar-refractivity contribution in [2.24, 2.45) is 0 Å². The van der Waals surface area contributed by atoms with E-state index in [0.717, 1.165) is 23.3 Å².